The lowest BCUT2D eigenvalue weighted by atomic mass is 9.83. The molecule has 124 valence electrons. The molecule has 6 nitrogen and oxygen atoms in total. The molecule has 2 fully saturated rings. The van der Waals surface area contributed by atoms with Gasteiger partial charge in [0.05, 0.1) is 30.6 Å². The number of rotatable bonds is 3. The highest BCUT2D eigenvalue weighted by Crippen LogP contribution is 2.42. The van der Waals surface area contributed by atoms with Gasteiger partial charge in [0.1, 0.15) is 10.5 Å². The number of fused-ring (bicyclic) bond motifs is 1. The highest BCUT2D eigenvalue weighted by Gasteiger charge is 2.30. The molecule has 2 aromatic heterocycles. The standard InChI is InChI=1S/C15H18ClFN4O2/c16-12-13(17)10-6-18-15(19-9-4-5-23-7-11(9)22)20-21(10)14(12)8-2-1-3-8/h6,8-9,11,22H,1-5,7H2,(H,19,20)/t9-,11-/m1/s1. The first kappa shape index (κ1) is 15.1. The zero-order valence-corrected chi connectivity index (χ0v) is 13.3. The molecule has 0 spiro atoms. The van der Waals surface area contributed by atoms with Crippen molar-refractivity contribution >= 4 is 23.1 Å². The molecular formula is C15H18ClFN4O2. The van der Waals surface area contributed by atoms with Crippen LogP contribution in [0.3, 0.4) is 0 Å². The summed E-state index contributed by atoms with van der Waals surface area (Å²) in [6.45, 7) is 0.867. The molecule has 2 atom stereocenters. The van der Waals surface area contributed by atoms with Gasteiger partial charge in [0.15, 0.2) is 5.82 Å². The molecule has 1 aliphatic heterocycles. The van der Waals surface area contributed by atoms with Crippen LogP contribution in [-0.2, 0) is 4.74 Å². The molecule has 0 radical (unpaired) electrons. The number of nitrogens with one attached hydrogen (secondary N) is 1. The second-order valence-electron chi connectivity index (χ2n) is 6.20. The molecular weight excluding hydrogens is 323 g/mol. The van der Waals surface area contributed by atoms with Gasteiger partial charge in [-0.15, -0.1) is 5.10 Å². The van der Waals surface area contributed by atoms with Crippen LogP contribution >= 0.6 is 11.6 Å². The zero-order chi connectivity index (χ0) is 16.0. The van der Waals surface area contributed by atoms with Gasteiger partial charge in [-0.1, -0.05) is 18.0 Å². The molecule has 0 unspecified atom stereocenters. The Kier molecular flexibility index (Phi) is 3.87. The highest BCUT2D eigenvalue weighted by atomic mass is 35.5. The maximum atomic E-state index is 14.3. The normalized spacial score (nSPS) is 25.5. The molecule has 0 aromatic carbocycles. The molecule has 1 aliphatic carbocycles. The van der Waals surface area contributed by atoms with E-state index in [1.807, 2.05) is 0 Å². The van der Waals surface area contributed by atoms with Crippen LogP contribution < -0.4 is 5.32 Å². The highest BCUT2D eigenvalue weighted by molar-refractivity contribution is 6.32. The average Bonchev–Trinajstić information content (AvgIpc) is 2.73. The third kappa shape index (κ3) is 2.56. The summed E-state index contributed by atoms with van der Waals surface area (Å²) in [6.07, 6.45) is 4.61. The molecule has 1 saturated carbocycles. The van der Waals surface area contributed by atoms with Gasteiger partial charge in [-0.25, -0.2) is 13.9 Å². The first-order valence-corrected chi connectivity index (χ1v) is 8.28. The van der Waals surface area contributed by atoms with E-state index < -0.39 is 11.9 Å². The van der Waals surface area contributed by atoms with Crippen molar-refractivity contribution < 1.29 is 14.2 Å². The lowest BCUT2D eigenvalue weighted by molar-refractivity contribution is -0.0136. The second-order valence-corrected chi connectivity index (χ2v) is 6.58. The average molecular weight is 341 g/mol. The number of nitrogens with zero attached hydrogens (tertiary/aromatic N) is 3. The fourth-order valence-corrected chi connectivity index (χ4v) is 3.49. The van der Waals surface area contributed by atoms with E-state index in [4.69, 9.17) is 16.3 Å². The number of aromatic nitrogens is 3. The zero-order valence-electron chi connectivity index (χ0n) is 12.5. The molecule has 0 amide bonds. The quantitative estimate of drug-likeness (QED) is 0.897. The second kappa shape index (κ2) is 5.89. The van der Waals surface area contributed by atoms with Crippen LogP contribution in [0.25, 0.3) is 5.52 Å². The van der Waals surface area contributed by atoms with Crippen LogP contribution in [0, 0.1) is 5.82 Å². The first-order valence-electron chi connectivity index (χ1n) is 7.90. The first-order chi connectivity index (χ1) is 11.1. The molecule has 2 aromatic rings. The largest absolute Gasteiger partial charge is 0.389 e. The van der Waals surface area contributed by atoms with E-state index in [-0.39, 0.29) is 29.1 Å². The summed E-state index contributed by atoms with van der Waals surface area (Å²) in [6, 6.07) is -0.177. The maximum absolute atomic E-state index is 14.3. The summed E-state index contributed by atoms with van der Waals surface area (Å²) in [4.78, 5) is 4.16. The van der Waals surface area contributed by atoms with Gasteiger partial charge in [0.2, 0.25) is 5.95 Å². The number of hydrogen-bond acceptors (Lipinski definition) is 5. The topological polar surface area (TPSA) is 71.7 Å². The third-order valence-corrected chi connectivity index (χ3v) is 5.09. The molecule has 8 heteroatoms. The van der Waals surface area contributed by atoms with Crippen LogP contribution in [0.2, 0.25) is 5.02 Å². The number of aliphatic hydroxyl groups excluding tert-OH is 1. The SMILES string of the molecule is O[C@@H]1COCC[C@H]1Nc1ncc2c(F)c(Cl)c(C3CCC3)n2n1. The molecule has 2 N–H and O–H groups in total. The Morgan fingerprint density at radius 2 is 2.22 bits per heavy atom. The Labute approximate surface area is 137 Å². The van der Waals surface area contributed by atoms with E-state index in [0.29, 0.717) is 19.0 Å². The lowest BCUT2D eigenvalue weighted by Gasteiger charge is -2.28. The van der Waals surface area contributed by atoms with Crippen molar-refractivity contribution in [2.45, 2.75) is 43.7 Å². The van der Waals surface area contributed by atoms with Gasteiger partial charge in [-0.2, -0.15) is 0 Å². The summed E-state index contributed by atoms with van der Waals surface area (Å²) >= 11 is 6.17. The number of ether oxygens (including phenoxy) is 1. The number of hydrogen-bond donors (Lipinski definition) is 2. The molecule has 1 saturated heterocycles. The number of anilines is 1. The van der Waals surface area contributed by atoms with E-state index in [0.717, 1.165) is 25.0 Å². The van der Waals surface area contributed by atoms with Crippen LogP contribution in [0.4, 0.5) is 10.3 Å². The fourth-order valence-electron chi connectivity index (χ4n) is 3.16. The van der Waals surface area contributed by atoms with E-state index in [1.54, 1.807) is 4.52 Å². The van der Waals surface area contributed by atoms with Crippen LogP contribution in [0.15, 0.2) is 6.20 Å². The Morgan fingerprint density at radius 1 is 1.39 bits per heavy atom. The summed E-state index contributed by atoms with van der Waals surface area (Å²) < 4.78 is 21.0. The van der Waals surface area contributed by atoms with Crippen LogP contribution in [-0.4, -0.2) is 45.1 Å². The van der Waals surface area contributed by atoms with Crippen molar-refractivity contribution in [2.75, 3.05) is 18.5 Å². The monoisotopic (exact) mass is 340 g/mol. The van der Waals surface area contributed by atoms with Crippen molar-refractivity contribution in [3.05, 3.63) is 22.7 Å². The Hall–Kier alpha value is -1.44. The predicted molar refractivity (Wildman–Crippen MR) is 83.4 cm³/mol. The van der Waals surface area contributed by atoms with E-state index >= 15 is 0 Å². The van der Waals surface area contributed by atoms with Gasteiger partial charge in [0.25, 0.3) is 0 Å². The smallest absolute Gasteiger partial charge is 0.241 e. The molecule has 3 heterocycles. The minimum atomic E-state index is -0.612. The lowest BCUT2D eigenvalue weighted by Crippen LogP contribution is -2.42. The number of aliphatic hydroxyl groups is 1. The molecule has 2 aliphatic rings. The van der Waals surface area contributed by atoms with E-state index in [2.05, 4.69) is 15.4 Å². The van der Waals surface area contributed by atoms with Gasteiger partial charge < -0.3 is 15.2 Å². The van der Waals surface area contributed by atoms with E-state index in [9.17, 15) is 9.50 Å². The van der Waals surface area contributed by atoms with Crippen molar-refractivity contribution in [1.29, 1.82) is 0 Å². The minimum Gasteiger partial charge on any atom is -0.389 e. The van der Waals surface area contributed by atoms with Crippen molar-refractivity contribution in [1.82, 2.24) is 14.6 Å². The summed E-state index contributed by atoms with van der Waals surface area (Å²) in [5.41, 5.74) is 1.01. The van der Waals surface area contributed by atoms with Gasteiger partial charge in [-0.3, -0.25) is 0 Å². The molecule has 0 bridgehead atoms. The molecule has 4 rings (SSSR count). The third-order valence-electron chi connectivity index (χ3n) is 4.74. The van der Waals surface area contributed by atoms with Gasteiger partial charge >= 0.3 is 0 Å². The number of halogens is 2. The summed E-state index contributed by atoms with van der Waals surface area (Å²) in [7, 11) is 0. The summed E-state index contributed by atoms with van der Waals surface area (Å²) in [5, 5.41) is 17.6. The van der Waals surface area contributed by atoms with Crippen molar-refractivity contribution in [3.63, 3.8) is 0 Å². The summed E-state index contributed by atoms with van der Waals surface area (Å²) in [5.74, 6) is 0.137. The predicted octanol–water partition coefficient (Wildman–Crippen LogP) is 2.35. The van der Waals surface area contributed by atoms with E-state index in [1.165, 1.54) is 6.20 Å². The Bertz CT molecular complexity index is 734. The van der Waals surface area contributed by atoms with Gasteiger partial charge in [-0.05, 0) is 19.3 Å². The van der Waals surface area contributed by atoms with Crippen LogP contribution in [0.1, 0.15) is 37.3 Å². The van der Waals surface area contributed by atoms with Gasteiger partial charge in [0, 0.05) is 12.5 Å². The van der Waals surface area contributed by atoms with Crippen LogP contribution in [0.5, 0.6) is 0 Å². The Balaban J connectivity index is 1.69. The fraction of sp³-hybridized carbons (Fsp3) is 0.600. The minimum absolute atomic E-state index is 0.146. The molecule has 23 heavy (non-hydrogen) atoms. The van der Waals surface area contributed by atoms with Crippen molar-refractivity contribution in [2.24, 2.45) is 0 Å². The maximum Gasteiger partial charge on any atom is 0.241 e. The Morgan fingerprint density at radius 3 is 2.91 bits per heavy atom. The van der Waals surface area contributed by atoms with Crippen molar-refractivity contribution in [3.8, 4) is 0 Å².